The van der Waals surface area contributed by atoms with Crippen LogP contribution >= 0.6 is 11.6 Å². The Labute approximate surface area is 118 Å². The van der Waals surface area contributed by atoms with Crippen LogP contribution in [0.25, 0.3) is 0 Å². The molecular weight excluding hydrogens is 288 g/mol. The highest BCUT2D eigenvalue weighted by Gasteiger charge is 2.35. The van der Waals surface area contributed by atoms with E-state index in [1.807, 2.05) is 0 Å². The molecule has 0 radical (unpaired) electrons. The van der Waals surface area contributed by atoms with Gasteiger partial charge in [-0.25, -0.2) is 13.4 Å². The van der Waals surface area contributed by atoms with Crippen molar-refractivity contribution in [1.29, 1.82) is 0 Å². The van der Waals surface area contributed by atoms with Crippen LogP contribution in [0, 0.1) is 0 Å². The summed E-state index contributed by atoms with van der Waals surface area (Å²) in [5, 5.41) is 8.91. The minimum absolute atomic E-state index is 0.00387. The first-order valence-corrected chi connectivity index (χ1v) is 8.12. The molecule has 0 atom stereocenters. The lowest BCUT2D eigenvalue weighted by molar-refractivity contribution is 0.198. The van der Waals surface area contributed by atoms with Crippen LogP contribution in [0.3, 0.4) is 0 Å². The number of hydrogen-bond acceptors (Lipinski definition) is 4. The minimum Gasteiger partial charge on any atom is -0.396 e. The molecule has 19 heavy (non-hydrogen) atoms. The van der Waals surface area contributed by atoms with E-state index < -0.39 is 10.0 Å². The molecule has 1 aliphatic carbocycles. The second-order valence-corrected chi connectivity index (χ2v) is 6.79. The Hall–Kier alpha value is -0.690. The highest BCUT2D eigenvalue weighted by molar-refractivity contribution is 7.89. The second-order valence-electron chi connectivity index (χ2n) is 4.57. The smallest absolute Gasteiger partial charge is 0.246 e. The van der Waals surface area contributed by atoms with E-state index in [1.54, 1.807) is 6.07 Å². The van der Waals surface area contributed by atoms with Gasteiger partial charge in [0.1, 0.15) is 10.0 Å². The van der Waals surface area contributed by atoms with Gasteiger partial charge in [0, 0.05) is 25.4 Å². The summed E-state index contributed by atoms with van der Waals surface area (Å²) >= 11 is 5.89. The van der Waals surface area contributed by atoms with E-state index in [1.165, 1.54) is 16.6 Å². The third-order valence-electron chi connectivity index (χ3n) is 3.33. The highest BCUT2D eigenvalue weighted by atomic mass is 35.5. The Morgan fingerprint density at radius 3 is 2.74 bits per heavy atom. The van der Waals surface area contributed by atoms with Crippen LogP contribution in [0.1, 0.15) is 25.7 Å². The van der Waals surface area contributed by atoms with Gasteiger partial charge in [0.15, 0.2) is 0 Å². The Morgan fingerprint density at radius 1 is 1.47 bits per heavy atom. The molecule has 1 heterocycles. The predicted octanol–water partition coefficient (Wildman–Crippen LogP) is 1.66. The van der Waals surface area contributed by atoms with Gasteiger partial charge in [0.05, 0.1) is 0 Å². The monoisotopic (exact) mass is 304 g/mol. The van der Waals surface area contributed by atoms with Crippen molar-refractivity contribution in [3.8, 4) is 0 Å². The zero-order valence-electron chi connectivity index (χ0n) is 10.5. The molecule has 1 N–H and O–H groups in total. The van der Waals surface area contributed by atoms with Crippen LogP contribution in [-0.2, 0) is 10.0 Å². The topological polar surface area (TPSA) is 70.5 Å². The first kappa shape index (κ1) is 14.7. The maximum Gasteiger partial charge on any atom is 0.246 e. The number of sulfonamides is 1. The van der Waals surface area contributed by atoms with E-state index in [9.17, 15) is 8.42 Å². The molecule has 0 spiro atoms. The fourth-order valence-corrected chi connectivity index (χ4v) is 4.24. The lowest BCUT2D eigenvalue weighted by Gasteiger charge is -2.36. The quantitative estimate of drug-likeness (QED) is 0.812. The van der Waals surface area contributed by atoms with Crippen LogP contribution in [-0.4, -0.2) is 42.0 Å². The Bertz CT molecular complexity index is 532. The van der Waals surface area contributed by atoms with Crippen molar-refractivity contribution in [1.82, 2.24) is 9.29 Å². The molecular formula is C12H17ClN2O3S. The van der Waals surface area contributed by atoms with E-state index >= 15 is 0 Å². The summed E-state index contributed by atoms with van der Waals surface area (Å²) in [7, 11) is -3.64. The first-order chi connectivity index (χ1) is 9.07. The van der Waals surface area contributed by atoms with Crippen molar-refractivity contribution in [2.45, 2.75) is 36.6 Å². The van der Waals surface area contributed by atoms with E-state index in [2.05, 4.69) is 4.98 Å². The highest BCUT2D eigenvalue weighted by Crippen LogP contribution is 2.31. The van der Waals surface area contributed by atoms with Crippen molar-refractivity contribution < 1.29 is 13.5 Å². The number of aliphatic hydroxyl groups excluding tert-OH is 1. The summed E-state index contributed by atoms with van der Waals surface area (Å²) < 4.78 is 26.7. The zero-order chi connectivity index (χ0) is 13.9. The van der Waals surface area contributed by atoms with Crippen LogP contribution in [0.5, 0.6) is 0 Å². The van der Waals surface area contributed by atoms with Gasteiger partial charge < -0.3 is 5.11 Å². The lowest BCUT2D eigenvalue weighted by atomic mass is 9.93. The standard InChI is InChI=1S/C12H17ClN2O3S/c13-12-11(6-2-7-14-12)19(17,18)15(8-3-9-16)10-4-1-5-10/h2,6-7,10,16H,1,3-5,8-9H2. The predicted molar refractivity (Wildman–Crippen MR) is 72.5 cm³/mol. The SMILES string of the molecule is O=S(=O)(c1cccnc1Cl)N(CCCO)C1CCC1. The fourth-order valence-electron chi connectivity index (χ4n) is 2.09. The largest absolute Gasteiger partial charge is 0.396 e. The molecule has 5 nitrogen and oxygen atoms in total. The summed E-state index contributed by atoms with van der Waals surface area (Å²) in [6.07, 6.45) is 4.65. The van der Waals surface area contributed by atoms with Gasteiger partial charge in [0.2, 0.25) is 10.0 Å². The number of aliphatic hydroxyl groups is 1. The molecule has 0 unspecified atom stereocenters. The second kappa shape index (κ2) is 6.17. The van der Waals surface area contributed by atoms with Gasteiger partial charge in [-0.1, -0.05) is 18.0 Å². The molecule has 7 heteroatoms. The van der Waals surface area contributed by atoms with Gasteiger partial charge in [-0.2, -0.15) is 4.31 Å². The van der Waals surface area contributed by atoms with Crippen molar-refractivity contribution in [3.63, 3.8) is 0 Å². The number of halogens is 1. The summed E-state index contributed by atoms with van der Waals surface area (Å²) in [6.45, 7) is 0.286. The number of nitrogens with zero attached hydrogens (tertiary/aromatic N) is 2. The first-order valence-electron chi connectivity index (χ1n) is 6.30. The fraction of sp³-hybridized carbons (Fsp3) is 0.583. The van der Waals surface area contributed by atoms with Gasteiger partial charge in [-0.3, -0.25) is 0 Å². The van der Waals surface area contributed by atoms with E-state index in [0.29, 0.717) is 13.0 Å². The summed E-state index contributed by atoms with van der Waals surface area (Å²) in [5.41, 5.74) is 0. The van der Waals surface area contributed by atoms with Gasteiger partial charge >= 0.3 is 0 Å². The lowest BCUT2D eigenvalue weighted by Crippen LogP contribution is -2.44. The molecule has 106 valence electrons. The van der Waals surface area contributed by atoms with Crippen LogP contribution < -0.4 is 0 Å². The van der Waals surface area contributed by atoms with Gasteiger partial charge in [0.25, 0.3) is 0 Å². The maximum absolute atomic E-state index is 12.6. The number of pyridine rings is 1. The zero-order valence-corrected chi connectivity index (χ0v) is 12.1. The van der Waals surface area contributed by atoms with Gasteiger partial charge in [-0.05, 0) is 31.4 Å². The Balaban J connectivity index is 2.31. The van der Waals surface area contributed by atoms with Crippen molar-refractivity contribution in [2.24, 2.45) is 0 Å². The van der Waals surface area contributed by atoms with Crippen molar-refractivity contribution in [3.05, 3.63) is 23.5 Å². The minimum atomic E-state index is -3.64. The average molecular weight is 305 g/mol. The molecule has 0 aliphatic heterocycles. The molecule has 1 aromatic heterocycles. The molecule has 1 aromatic rings. The summed E-state index contributed by atoms with van der Waals surface area (Å²) in [6, 6.07) is 3.05. The van der Waals surface area contributed by atoms with Crippen LogP contribution in [0.2, 0.25) is 5.15 Å². The number of hydrogen-bond donors (Lipinski definition) is 1. The van der Waals surface area contributed by atoms with Crippen LogP contribution in [0.15, 0.2) is 23.2 Å². The third kappa shape index (κ3) is 3.08. The Kier molecular flexibility index (Phi) is 4.78. The molecule has 1 aliphatic rings. The molecule has 1 saturated carbocycles. The maximum atomic E-state index is 12.6. The van der Waals surface area contributed by atoms with E-state index in [-0.39, 0.29) is 22.7 Å². The third-order valence-corrected chi connectivity index (χ3v) is 5.73. The van der Waals surface area contributed by atoms with E-state index in [0.717, 1.165) is 19.3 Å². The van der Waals surface area contributed by atoms with Crippen molar-refractivity contribution in [2.75, 3.05) is 13.2 Å². The molecule has 2 rings (SSSR count). The molecule has 0 bridgehead atoms. The molecule has 0 amide bonds. The summed E-state index contributed by atoms with van der Waals surface area (Å²) in [4.78, 5) is 3.86. The molecule has 0 saturated heterocycles. The number of rotatable bonds is 6. The molecule has 0 aromatic carbocycles. The van der Waals surface area contributed by atoms with Gasteiger partial charge in [-0.15, -0.1) is 0 Å². The summed E-state index contributed by atoms with van der Waals surface area (Å²) in [5.74, 6) is 0. The van der Waals surface area contributed by atoms with Crippen LogP contribution in [0.4, 0.5) is 0 Å². The normalized spacial score (nSPS) is 16.6. The van der Waals surface area contributed by atoms with Crippen molar-refractivity contribution >= 4 is 21.6 Å². The number of aromatic nitrogens is 1. The Morgan fingerprint density at radius 2 is 2.21 bits per heavy atom. The molecule has 1 fully saturated rings. The average Bonchev–Trinajstić information content (AvgIpc) is 2.32. The van der Waals surface area contributed by atoms with E-state index in [4.69, 9.17) is 16.7 Å².